The number of unbranched alkanes of at least 4 members (excludes halogenated alkanes) is 6. The Morgan fingerprint density at radius 1 is 1.05 bits per heavy atom. The molecule has 0 saturated heterocycles. The normalized spacial score (nSPS) is 15.5. The van der Waals surface area contributed by atoms with Gasteiger partial charge >= 0.3 is 0 Å². The van der Waals surface area contributed by atoms with Crippen LogP contribution in [0.2, 0.25) is 0 Å². The Kier molecular flexibility index (Phi) is 8.01. The highest BCUT2D eigenvalue weighted by Crippen LogP contribution is 2.32. The Hall–Kier alpha value is -0.820. The molecule has 2 rings (SSSR count). The topological polar surface area (TPSA) is 12.0 Å². The predicted octanol–water partition coefficient (Wildman–Crippen LogP) is 5.85. The molecule has 122 valence electrons. The molecule has 1 atom stereocenters. The number of rotatable bonds is 10. The number of hydrogen-bond donors (Lipinski definition) is 1. The maximum Gasteiger partial charge on any atom is 0.0936 e. The molecule has 1 aromatic carbocycles. The molecule has 2 radical (unpaired) electrons. The Balaban J connectivity index is 1.82. The third-order valence-corrected chi connectivity index (χ3v) is 5.02. The Labute approximate surface area is 137 Å². The first-order chi connectivity index (χ1) is 10.9. The van der Waals surface area contributed by atoms with Crippen molar-refractivity contribution in [2.24, 2.45) is 0 Å². The predicted molar refractivity (Wildman–Crippen MR) is 96.1 cm³/mol. The van der Waals surface area contributed by atoms with Gasteiger partial charge in [-0.1, -0.05) is 77.0 Å². The zero-order chi connectivity index (χ0) is 15.6. The Morgan fingerprint density at radius 2 is 1.82 bits per heavy atom. The van der Waals surface area contributed by atoms with Crippen molar-refractivity contribution in [2.75, 3.05) is 6.54 Å². The van der Waals surface area contributed by atoms with Crippen molar-refractivity contribution in [2.45, 2.75) is 84.0 Å². The van der Waals surface area contributed by atoms with Gasteiger partial charge in [0.25, 0.3) is 0 Å². The lowest BCUT2D eigenvalue weighted by atomic mass is 9.84. The monoisotopic (exact) mass is 299 g/mol. The van der Waals surface area contributed by atoms with E-state index in [1.165, 1.54) is 63.4 Å². The highest BCUT2D eigenvalue weighted by atomic mass is 14.9. The average Bonchev–Trinajstić information content (AvgIpc) is 2.57. The molecular weight excluding hydrogens is 266 g/mol. The lowest BCUT2D eigenvalue weighted by Crippen LogP contribution is -2.23. The molecule has 0 aliphatic carbocycles. The SMILES string of the molecule is CCCCCCCCCC(CC)c1cccc2c1CCN[C]2. The van der Waals surface area contributed by atoms with Gasteiger partial charge < -0.3 is 5.32 Å². The molecule has 1 N–H and O–H groups in total. The molecule has 1 aliphatic rings. The van der Waals surface area contributed by atoms with E-state index in [1.54, 1.807) is 11.1 Å². The first-order valence-corrected chi connectivity index (χ1v) is 9.47. The standard InChI is InChI=1S/C21H33N/c1-3-5-6-7-8-9-10-12-18(4-2)20-14-11-13-19-17-22-16-15-21(19)20/h11,13-14,18,22H,3-10,12,15-16H2,1-2H3. The maximum atomic E-state index is 3.33. The zero-order valence-corrected chi connectivity index (χ0v) is 14.6. The van der Waals surface area contributed by atoms with Crippen LogP contribution in [0, 0.1) is 6.54 Å². The molecule has 0 saturated carbocycles. The van der Waals surface area contributed by atoms with Crippen molar-refractivity contribution < 1.29 is 0 Å². The van der Waals surface area contributed by atoms with Gasteiger partial charge in [-0.2, -0.15) is 0 Å². The number of hydrogen-bond acceptors (Lipinski definition) is 1. The van der Waals surface area contributed by atoms with E-state index in [0.29, 0.717) is 0 Å². The smallest absolute Gasteiger partial charge is 0.0936 e. The first kappa shape index (κ1) is 17.5. The van der Waals surface area contributed by atoms with Crippen LogP contribution in [0.25, 0.3) is 0 Å². The van der Waals surface area contributed by atoms with Gasteiger partial charge in [-0.25, -0.2) is 0 Å². The summed E-state index contributed by atoms with van der Waals surface area (Å²) in [6, 6.07) is 6.77. The van der Waals surface area contributed by atoms with E-state index in [-0.39, 0.29) is 0 Å². The second-order valence-corrected chi connectivity index (χ2v) is 6.69. The summed E-state index contributed by atoms with van der Waals surface area (Å²) < 4.78 is 0. The molecule has 0 aromatic heterocycles. The fourth-order valence-electron chi connectivity index (χ4n) is 3.66. The van der Waals surface area contributed by atoms with Crippen LogP contribution >= 0.6 is 0 Å². The van der Waals surface area contributed by atoms with Crippen molar-refractivity contribution in [1.29, 1.82) is 0 Å². The largest absolute Gasteiger partial charge is 0.303 e. The molecule has 0 spiro atoms. The van der Waals surface area contributed by atoms with Gasteiger partial charge in [0.1, 0.15) is 0 Å². The van der Waals surface area contributed by atoms with Crippen molar-refractivity contribution in [3.8, 4) is 0 Å². The van der Waals surface area contributed by atoms with Gasteiger partial charge in [0.15, 0.2) is 0 Å². The van der Waals surface area contributed by atoms with Crippen LogP contribution in [-0.4, -0.2) is 6.54 Å². The molecule has 1 unspecified atom stereocenters. The summed E-state index contributed by atoms with van der Waals surface area (Å²) in [5, 5.41) is 3.25. The van der Waals surface area contributed by atoms with E-state index in [9.17, 15) is 0 Å². The molecule has 1 heteroatoms. The summed E-state index contributed by atoms with van der Waals surface area (Å²) in [6.45, 7) is 9.00. The van der Waals surface area contributed by atoms with Gasteiger partial charge in [0.2, 0.25) is 0 Å². The second kappa shape index (κ2) is 10.0. The van der Waals surface area contributed by atoms with Crippen LogP contribution in [0.3, 0.4) is 0 Å². The minimum absolute atomic E-state index is 0.741. The molecular formula is C21H33N. The summed E-state index contributed by atoms with van der Waals surface area (Å²) in [6.07, 6.45) is 13.6. The van der Waals surface area contributed by atoms with E-state index in [2.05, 4.69) is 43.9 Å². The molecule has 1 heterocycles. The highest BCUT2D eigenvalue weighted by Gasteiger charge is 2.18. The fourth-order valence-corrected chi connectivity index (χ4v) is 3.66. The summed E-state index contributed by atoms with van der Waals surface area (Å²) in [4.78, 5) is 0. The molecule has 22 heavy (non-hydrogen) atoms. The van der Waals surface area contributed by atoms with Gasteiger partial charge in [-0.05, 0) is 41.9 Å². The third-order valence-electron chi connectivity index (χ3n) is 5.02. The fraction of sp³-hybridized carbons (Fsp3) is 0.667. The molecule has 0 amide bonds. The molecule has 1 nitrogen and oxygen atoms in total. The van der Waals surface area contributed by atoms with Gasteiger partial charge in [-0.15, -0.1) is 0 Å². The van der Waals surface area contributed by atoms with Crippen LogP contribution in [0.1, 0.15) is 94.2 Å². The van der Waals surface area contributed by atoms with Crippen molar-refractivity contribution in [3.63, 3.8) is 0 Å². The number of fused-ring (bicyclic) bond motifs is 1. The summed E-state index contributed by atoms with van der Waals surface area (Å²) >= 11 is 0. The average molecular weight is 300 g/mol. The van der Waals surface area contributed by atoms with Crippen LogP contribution in [-0.2, 0) is 6.42 Å². The number of benzene rings is 1. The quantitative estimate of drug-likeness (QED) is 0.534. The van der Waals surface area contributed by atoms with Crippen LogP contribution in [0.4, 0.5) is 0 Å². The van der Waals surface area contributed by atoms with Crippen molar-refractivity contribution in [1.82, 2.24) is 5.32 Å². The minimum atomic E-state index is 0.741. The lowest BCUT2D eigenvalue weighted by molar-refractivity contribution is 0.522. The van der Waals surface area contributed by atoms with Crippen LogP contribution in [0.15, 0.2) is 18.2 Å². The number of nitrogens with one attached hydrogen (secondary N) is 1. The van der Waals surface area contributed by atoms with Crippen LogP contribution < -0.4 is 5.32 Å². The molecule has 1 aromatic rings. The van der Waals surface area contributed by atoms with E-state index < -0.39 is 0 Å². The van der Waals surface area contributed by atoms with Crippen molar-refractivity contribution >= 4 is 0 Å². The molecule has 1 aliphatic heterocycles. The third kappa shape index (κ3) is 5.12. The molecule has 0 bridgehead atoms. The summed E-state index contributed by atoms with van der Waals surface area (Å²) in [7, 11) is 0. The highest BCUT2D eigenvalue weighted by molar-refractivity contribution is 5.42. The van der Waals surface area contributed by atoms with E-state index in [1.807, 2.05) is 0 Å². The maximum absolute atomic E-state index is 3.33. The Morgan fingerprint density at radius 3 is 2.59 bits per heavy atom. The first-order valence-electron chi connectivity index (χ1n) is 9.47. The van der Waals surface area contributed by atoms with Crippen LogP contribution in [0.5, 0.6) is 0 Å². The van der Waals surface area contributed by atoms with Gasteiger partial charge in [0.05, 0.1) is 6.54 Å². The molecule has 0 fully saturated rings. The van der Waals surface area contributed by atoms with Crippen molar-refractivity contribution in [3.05, 3.63) is 41.4 Å². The second-order valence-electron chi connectivity index (χ2n) is 6.69. The minimum Gasteiger partial charge on any atom is -0.303 e. The van der Waals surface area contributed by atoms with E-state index in [4.69, 9.17) is 0 Å². The van der Waals surface area contributed by atoms with E-state index >= 15 is 0 Å². The summed E-state index contributed by atoms with van der Waals surface area (Å²) in [5.74, 6) is 0.741. The Bertz CT molecular complexity index is 424. The summed E-state index contributed by atoms with van der Waals surface area (Å²) in [5.41, 5.74) is 4.44. The lowest BCUT2D eigenvalue weighted by Gasteiger charge is -2.24. The zero-order valence-electron chi connectivity index (χ0n) is 14.6. The van der Waals surface area contributed by atoms with Gasteiger partial charge in [0, 0.05) is 6.54 Å². The van der Waals surface area contributed by atoms with Gasteiger partial charge in [-0.3, -0.25) is 0 Å². The van der Waals surface area contributed by atoms with E-state index in [0.717, 1.165) is 18.9 Å².